The molecule has 2 heterocycles. The quantitative estimate of drug-likeness (QED) is 0.915. The van der Waals surface area contributed by atoms with E-state index in [0.717, 1.165) is 40.9 Å². The van der Waals surface area contributed by atoms with Crippen LogP contribution in [0, 0.1) is 0 Å². The largest absolute Gasteiger partial charge is 0.375 e. The zero-order valence-corrected chi connectivity index (χ0v) is 12.4. The summed E-state index contributed by atoms with van der Waals surface area (Å²) in [4.78, 5) is 0. The van der Waals surface area contributed by atoms with E-state index in [1.807, 2.05) is 23.5 Å². The van der Waals surface area contributed by atoms with Crippen LogP contribution in [-0.2, 0) is 24.6 Å². The third-order valence-corrected chi connectivity index (χ3v) is 4.71. The van der Waals surface area contributed by atoms with Crippen LogP contribution in [0.2, 0.25) is 5.02 Å². The van der Waals surface area contributed by atoms with Gasteiger partial charge in [0.05, 0.1) is 29.1 Å². The molecule has 0 bridgehead atoms. The van der Waals surface area contributed by atoms with Crippen LogP contribution in [0.3, 0.4) is 0 Å². The van der Waals surface area contributed by atoms with Gasteiger partial charge in [-0.05, 0) is 6.42 Å². The van der Waals surface area contributed by atoms with Crippen LogP contribution in [0.1, 0.15) is 18.3 Å². The predicted molar refractivity (Wildman–Crippen MR) is 76.3 cm³/mol. The lowest BCUT2D eigenvalue weighted by atomic mass is 10.1. The Balaban J connectivity index is 2.06. The fourth-order valence-corrected chi connectivity index (χ4v) is 3.48. The smallest absolute Gasteiger partial charge is 0.0850 e. The minimum absolute atomic E-state index is 0.0181. The minimum atomic E-state index is -0.0181. The van der Waals surface area contributed by atoms with Crippen LogP contribution in [0.5, 0.6) is 0 Å². The van der Waals surface area contributed by atoms with Crippen molar-refractivity contribution in [3.63, 3.8) is 0 Å². The van der Waals surface area contributed by atoms with Gasteiger partial charge in [0.2, 0.25) is 0 Å². The van der Waals surface area contributed by atoms with Gasteiger partial charge in [-0.2, -0.15) is 16.9 Å². The predicted octanol–water partition coefficient (Wildman–Crippen LogP) is 1.64. The first-order valence-corrected chi connectivity index (χ1v) is 7.82. The zero-order valence-electron chi connectivity index (χ0n) is 10.9. The van der Waals surface area contributed by atoms with Crippen LogP contribution >= 0.6 is 23.4 Å². The van der Waals surface area contributed by atoms with E-state index in [9.17, 15) is 0 Å². The second kappa shape index (κ2) is 6.28. The highest BCUT2D eigenvalue weighted by Gasteiger charge is 2.24. The number of aromatic nitrogens is 2. The topological polar surface area (TPSA) is 53.1 Å². The van der Waals surface area contributed by atoms with Crippen molar-refractivity contribution in [2.45, 2.75) is 31.9 Å². The van der Waals surface area contributed by atoms with Crippen molar-refractivity contribution in [2.75, 3.05) is 18.1 Å². The van der Waals surface area contributed by atoms with Crippen molar-refractivity contribution < 1.29 is 4.74 Å². The maximum Gasteiger partial charge on any atom is 0.0850 e. The number of thioether (sulfide) groups is 1. The molecule has 1 aromatic heterocycles. The fraction of sp³-hybridized carbons (Fsp3) is 0.750. The molecule has 0 aliphatic carbocycles. The molecule has 1 saturated heterocycles. The van der Waals surface area contributed by atoms with Crippen molar-refractivity contribution in [2.24, 2.45) is 12.8 Å². The maximum absolute atomic E-state index is 6.33. The molecule has 0 aromatic carbocycles. The van der Waals surface area contributed by atoms with Gasteiger partial charge < -0.3 is 10.5 Å². The van der Waals surface area contributed by atoms with Gasteiger partial charge in [-0.3, -0.25) is 4.68 Å². The van der Waals surface area contributed by atoms with E-state index in [0.29, 0.717) is 6.42 Å². The van der Waals surface area contributed by atoms with Gasteiger partial charge in [0.1, 0.15) is 0 Å². The molecule has 2 unspecified atom stereocenters. The lowest BCUT2D eigenvalue weighted by molar-refractivity contribution is 0.0568. The van der Waals surface area contributed by atoms with Gasteiger partial charge in [0.15, 0.2) is 0 Å². The highest BCUT2D eigenvalue weighted by Crippen LogP contribution is 2.24. The number of rotatable bonds is 4. The van der Waals surface area contributed by atoms with E-state index >= 15 is 0 Å². The summed E-state index contributed by atoms with van der Waals surface area (Å²) >= 11 is 8.23. The van der Waals surface area contributed by atoms with Crippen molar-refractivity contribution in [1.29, 1.82) is 0 Å². The summed E-state index contributed by atoms with van der Waals surface area (Å²) in [6.45, 7) is 2.85. The second-order valence-electron chi connectivity index (χ2n) is 4.54. The van der Waals surface area contributed by atoms with Gasteiger partial charge >= 0.3 is 0 Å². The van der Waals surface area contributed by atoms with Gasteiger partial charge in [-0.25, -0.2) is 0 Å². The Kier molecular flexibility index (Phi) is 4.95. The summed E-state index contributed by atoms with van der Waals surface area (Å²) in [6, 6.07) is -0.0181. The van der Waals surface area contributed by atoms with E-state index in [1.54, 1.807) is 0 Å². The average Bonchev–Trinajstić information content (AvgIpc) is 2.67. The van der Waals surface area contributed by atoms with E-state index in [1.165, 1.54) is 0 Å². The summed E-state index contributed by atoms with van der Waals surface area (Å²) < 4.78 is 7.55. The number of halogens is 1. The highest BCUT2D eigenvalue weighted by molar-refractivity contribution is 7.99. The number of nitrogens with two attached hydrogens (primary N) is 1. The highest BCUT2D eigenvalue weighted by atomic mass is 35.5. The summed E-state index contributed by atoms with van der Waals surface area (Å²) in [5.41, 5.74) is 8.19. The normalized spacial score (nSPS) is 22.1. The monoisotopic (exact) mass is 289 g/mol. The molecule has 102 valence electrons. The molecule has 0 amide bonds. The molecule has 0 saturated carbocycles. The van der Waals surface area contributed by atoms with Crippen molar-refractivity contribution in [3.05, 3.63) is 16.4 Å². The molecule has 18 heavy (non-hydrogen) atoms. The molecule has 2 atom stereocenters. The minimum Gasteiger partial charge on any atom is -0.375 e. The number of ether oxygens (including phenoxy) is 1. The third kappa shape index (κ3) is 3.02. The Morgan fingerprint density at radius 1 is 1.67 bits per heavy atom. The second-order valence-corrected chi connectivity index (χ2v) is 6.06. The fourth-order valence-electron chi connectivity index (χ4n) is 2.15. The molecular formula is C12H20ClN3OS. The Morgan fingerprint density at radius 3 is 3.00 bits per heavy atom. The van der Waals surface area contributed by atoms with Crippen molar-refractivity contribution in [3.8, 4) is 0 Å². The van der Waals surface area contributed by atoms with Crippen LogP contribution in [0.4, 0.5) is 0 Å². The number of aryl methyl sites for hydroxylation is 2. The maximum atomic E-state index is 6.33. The summed E-state index contributed by atoms with van der Waals surface area (Å²) in [5, 5.41) is 5.17. The molecule has 2 rings (SSSR count). The van der Waals surface area contributed by atoms with Crippen LogP contribution in [0.15, 0.2) is 0 Å². The van der Waals surface area contributed by atoms with E-state index < -0.39 is 0 Å². The van der Waals surface area contributed by atoms with E-state index in [2.05, 4.69) is 12.0 Å². The number of hydrogen-bond donors (Lipinski definition) is 1. The van der Waals surface area contributed by atoms with Crippen molar-refractivity contribution >= 4 is 23.4 Å². The number of nitrogens with zero attached hydrogens (tertiary/aromatic N) is 2. The molecule has 1 fully saturated rings. The zero-order chi connectivity index (χ0) is 13.1. The molecule has 4 nitrogen and oxygen atoms in total. The van der Waals surface area contributed by atoms with E-state index in [4.69, 9.17) is 22.1 Å². The summed E-state index contributed by atoms with van der Waals surface area (Å²) in [5.74, 6) is 2.03. The van der Waals surface area contributed by atoms with Gasteiger partial charge in [-0.15, -0.1) is 0 Å². The Hall–Kier alpha value is -0.230. The van der Waals surface area contributed by atoms with Gasteiger partial charge in [0, 0.05) is 31.0 Å². The molecule has 0 radical (unpaired) electrons. The summed E-state index contributed by atoms with van der Waals surface area (Å²) in [7, 11) is 1.92. The standard InChI is InChI=1S/C12H20ClN3OS/c1-3-9-12(13)10(16(2)15-9)6-8(14)11-7-18-5-4-17-11/h8,11H,3-7,14H2,1-2H3. The summed E-state index contributed by atoms with van der Waals surface area (Å²) in [6.07, 6.45) is 1.69. The first-order chi connectivity index (χ1) is 8.63. The molecule has 1 aliphatic rings. The average molecular weight is 290 g/mol. The van der Waals surface area contributed by atoms with Crippen molar-refractivity contribution in [1.82, 2.24) is 9.78 Å². The van der Waals surface area contributed by atoms with Gasteiger partial charge in [-0.1, -0.05) is 18.5 Å². The van der Waals surface area contributed by atoms with Crippen LogP contribution < -0.4 is 5.73 Å². The Morgan fingerprint density at radius 2 is 2.44 bits per heavy atom. The molecule has 1 aromatic rings. The third-order valence-electron chi connectivity index (χ3n) is 3.25. The molecule has 6 heteroatoms. The first-order valence-electron chi connectivity index (χ1n) is 6.28. The molecule has 2 N–H and O–H groups in total. The number of hydrogen-bond acceptors (Lipinski definition) is 4. The molecule has 0 spiro atoms. The molecule has 1 aliphatic heterocycles. The van der Waals surface area contributed by atoms with Gasteiger partial charge in [0.25, 0.3) is 0 Å². The first kappa shape index (κ1) is 14.2. The van der Waals surface area contributed by atoms with Crippen LogP contribution in [0.25, 0.3) is 0 Å². The van der Waals surface area contributed by atoms with Crippen LogP contribution in [-0.4, -0.2) is 40.0 Å². The lowest BCUT2D eigenvalue weighted by Gasteiger charge is -2.27. The lowest BCUT2D eigenvalue weighted by Crippen LogP contribution is -2.43. The Labute approximate surface area is 117 Å². The van der Waals surface area contributed by atoms with E-state index in [-0.39, 0.29) is 12.1 Å². The SMILES string of the molecule is CCc1nn(C)c(CC(N)C2CSCCO2)c1Cl. The Bertz CT molecular complexity index is 404. The molecular weight excluding hydrogens is 270 g/mol.